The summed E-state index contributed by atoms with van der Waals surface area (Å²) in [5, 5.41) is 4.85. The molecular weight excluding hydrogens is 364 g/mol. The average Bonchev–Trinajstić information content (AvgIpc) is 3.36. The Bertz CT molecular complexity index is 1090. The summed E-state index contributed by atoms with van der Waals surface area (Å²) in [6.07, 6.45) is 0. The summed E-state index contributed by atoms with van der Waals surface area (Å²) in [7, 11) is 3.25. The smallest absolute Gasteiger partial charge is 0.413 e. The van der Waals surface area contributed by atoms with Crippen molar-refractivity contribution >= 4 is 39.9 Å². The fourth-order valence-electron chi connectivity index (χ4n) is 2.67. The summed E-state index contributed by atoms with van der Waals surface area (Å²) < 4.78 is 5.16. The van der Waals surface area contributed by atoms with E-state index in [1.165, 1.54) is 16.2 Å². The number of nitrogens with zero attached hydrogens (tertiary/aromatic N) is 2. The highest BCUT2D eigenvalue weighted by Crippen LogP contribution is 2.20. The molecule has 3 heterocycles. The molecule has 0 aliphatic carbocycles. The molecule has 0 saturated carbocycles. The molecule has 0 bridgehead atoms. The van der Waals surface area contributed by atoms with E-state index in [4.69, 9.17) is 4.74 Å². The lowest BCUT2D eigenvalue weighted by Crippen LogP contribution is -2.35. The molecule has 136 valence electrons. The van der Waals surface area contributed by atoms with Gasteiger partial charge in [-0.2, -0.15) is 4.90 Å². The Morgan fingerprint density at radius 1 is 1.30 bits per heavy atom. The minimum Gasteiger partial charge on any atom is -0.466 e. The van der Waals surface area contributed by atoms with Crippen LogP contribution in [0.3, 0.4) is 0 Å². The van der Waals surface area contributed by atoms with Crippen molar-refractivity contribution in [1.29, 1.82) is 0 Å². The number of H-pyrrole nitrogens is 3. The number of thiazole rings is 1. The van der Waals surface area contributed by atoms with E-state index in [0.717, 1.165) is 22.6 Å². The summed E-state index contributed by atoms with van der Waals surface area (Å²) in [5.74, 6) is 2.02. The molecule has 0 unspecified atom stereocenters. The Balaban J connectivity index is 1.54. The fraction of sp³-hybridized carbons (Fsp3) is 0.111. The van der Waals surface area contributed by atoms with Crippen LogP contribution in [-0.2, 0) is 0 Å². The van der Waals surface area contributed by atoms with Crippen molar-refractivity contribution < 1.29 is 19.5 Å². The third-order valence-electron chi connectivity index (χ3n) is 4.12. The minimum absolute atomic E-state index is 0.269. The Morgan fingerprint density at radius 3 is 2.96 bits per heavy atom. The van der Waals surface area contributed by atoms with Crippen molar-refractivity contribution in [3.8, 4) is 17.4 Å². The van der Waals surface area contributed by atoms with Gasteiger partial charge in [0.05, 0.1) is 19.7 Å². The van der Waals surface area contributed by atoms with Gasteiger partial charge in [-0.3, -0.25) is 5.32 Å². The molecule has 27 heavy (non-hydrogen) atoms. The Morgan fingerprint density at radius 2 is 2.19 bits per heavy atom. The number of amides is 2. The van der Waals surface area contributed by atoms with Crippen LogP contribution >= 0.6 is 11.3 Å². The van der Waals surface area contributed by atoms with Crippen LogP contribution in [0.2, 0.25) is 0 Å². The number of ether oxygens (including phenoxy) is 1. The molecule has 8 nitrogen and oxygen atoms in total. The number of imidazole rings is 1. The quantitative estimate of drug-likeness (QED) is 0.567. The lowest BCUT2D eigenvalue weighted by molar-refractivity contribution is -0.378. The van der Waals surface area contributed by atoms with Crippen LogP contribution in [0.25, 0.3) is 22.6 Å². The second kappa shape index (κ2) is 7.04. The third-order valence-corrected chi connectivity index (χ3v) is 4.70. The van der Waals surface area contributed by atoms with Crippen molar-refractivity contribution in [1.82, 2.24) is 9.97 Å². The topological polar surface area (TPSA) is 98.5 Å². The van der Waals surface area contributed by atoms with E-state index in [9.17, 15) is 4.79 Å². The number of hydrogen-bond donors (Lipinski definition) is 2. The standard InChI is InChI=1S/C18H16N6O2S/c1-24(15-4-3-5-16(23-15)26-2)18(25)20-11-6-7-12-13(8-11)22-17(21-12)14-9-27-10-19-14/h3-10H,1-2H3,(H,20,25)(H,21,22)/p+2. The van der Waals surface area contributed by atoms with Crippen LogP contribution in [0.4, 0.5) is 16.3 Å². The number of rotatable bonds is 4. The molecule has 4 aromatic rings. The maximum atomic E-state index is 12.6. The van der Waals surface area contributed by atoms with Gasteiger partial charge in [0.1, 0.15) is 0 Å². The lowest BCUT2D eigenvalue weighted by Gasteiger charge is -2.10. The van der Waals surface area contributed by atoms with E-state index >= 15 is 0 Å². The molecule has 9 heteroatoms. The van der Waals surface area contributed by atoms with Gasteiger partial charge in [-0.25, -0.2) is 24.7 Å². The van der Waals surface area contributed by atoms with E-state index < -0.39 is 0 Å². The van der Waals surface area contributed by atoms with Gasteiger partial charge in [0, 0.05) is 29.3 Å². The van der Waals surface area contributed by atoms with Crippen LogP contribution in [-0.4, -0.2) is 30.2 Å². The predicted molar refractivity (Wildman–Crippen MR) is 103 cm³/mol. The van der Waals surface area contributed by atoms with Crippen molar-refractivity contribution in [3.05, 3.63) is 47.3 Å². The first-order valence-electron chi connectivity index (χ1n) is 8.18. The third kappa shape index (κ3) is 3.44. The molecule has 4 rings (SSSR count). The zero-order valence-electron chi connectivity index (χ0n) is 14.7. The molecule has 0 aliphatic heterocycles. The van der Waals surface area contributed by atoms with Gasteiger partial charge < -0.3 is 4.74 Å². The first kappa shape index (κ1) is 17.0. The maximum Gasteiger partial charge on any atom is 0.413 e. The van der Waals surface area contributed by atoms with Gasteiger partial charge in [0.15, 0.2) is 16.7 Å². The fourth-order valence-corrected chi connectivity index (χ4v) is 3.21. The number of aromatic amines is 3. The summed E-state index contributed by atoms with van der Waals surface area (Å²) in [4.78, 5) is 27.9. The van der Waals surface area contributed by atoms with Crippen LogP contribution in [0, 0.1) is 0 Å². The normalized spacial score (nSPS) is 10.7. The zero-order valence-corrected chi connectivity index (χ0v) is 15.6. The molecule has 0 saturated heterocycles. The predicted octanol–water partition coefficient (Wildman–Crippen LogP) is 2.60. The number of carbonyl (C=O) groups is 1. The Labute approximate surface area is 158 Å². The van der Waals surface area contributed by atoms with Crippen LogP contribution in [0.5, 0.6) is 5.88 Å². The monoisotopic (exact) mass is 382 g/mol. The van der Waals surface area contributed by atoms with Gasteiger partial charge in [0.2, 0.25) is 0 Å². The summed E-state index contributed by atoms with van der Waals surface area (Å²) in [5.41, 5.74) is 5.14. The van der Waals surface area contributed by atoms with Crippen molar-refractivity contribution in [2.75, 3.05) is 24.4 Å². The highest BCUT2D eigenvalue weighted by atomic mass is 32.1. The molecule has 4 N–H and O–H groups in total. The Hall–Kier alpha value is -3.46. The number of nitrogens with one attached hydrogen (secondary N) is 4. The number of fused-ring (bicyclic) bond motifs is 1. The van der Waals surface area contributed by atoms with Gasteiger partial charge in [-0.15, -0.1) is 11.3 Å². The molecule has 0 fully saturated rings. The number of pyridine rings is 1. The summed E-state index contributed by atoms with van der Waals surface area (Å²) >= 11 is 1.53. The molecule has 0 radical (unpaired) electrons. The number of urea groups is 1. The molecular formula is C18H18N6O2S+2. The van der Waals surface area contributed by atoms with E-state index in [-0.39, 0.29) is 6.03 Å². The van der Waals surface area contributed by atoms with E-state index in [0.29, 0.717) is 17.4 Å². The molecule has 0 aliphatic rings. The van der Waals surface area contributed by atoms with Gasteiger partial charge in [-0.1, -0.05) is 0 Å². The van der Waals surface area contributed by atoms with E-state index in [2.05, 4.69) is 25.3 Å². The SMILES string of the molecule is COc1cccc(N(C)C(=O)Nc2ccc3[nH+]c(-c4cscn4)[nH]c3c2)[nH+]1. The van der Waals surface area contributed by atoms with Crippen LogP contribution in [0.15, 0.2) is 47.3 Å². The molecule has 3 aromatic heterocycles. The van der Waals surface area contributed by atoms with E-state index in [1.54, 1.807) is 31.8 Å². The highest BCUT2D eigenvalue weighted by molar-refractivity contribution is 7.07. The van der Waals surface area contributed by atoms with Crippen molar-refractivity contribution in [2.24, 2.45) is 0 Å². The molecule has 1 aromatic carbocycles. The number of benzene rings is 1. The second-order valence-electron chi connectivity index (χ2n) is 5.85. The van der Waals surface area contributed by atoms with Gasteiger partial charge in [0.25, 0.3) is 11.7 Å². The Kier molecular flexibility index (Phi) is 4.43. The number of hydrogen-bond acceptors (Lipinski definition) is 4. The second-order valence-corrected chi connectivity index (χ2v) is 6.57. The summed E-state index contributed by atoms with van der Waals surface area (Å²) in [6, 6.07) is 10.8. The van der Waals surface area contributed by atoms with Crippen LogP contribution in [0.1, 0.15) is 0 Å². The van der Waals surface area contributed by atoms with E-state index in [1.807, 2.05) is 29.6 Å². The van der Waals surface area contributed by atoms with Crippen LogP contribution < -0.4 is 24.9 Å². The zero-order chi connectivity index (χ0) is 18.8. The number of anilines is 2. The minimum atomic E-state index is -0.269. The van der Waals surface area contributed by atoms with Gasteiger partial charge >= 0.3 is 11.9 Å². The van der Waals surface area contributed by atoms with Crippen molar-refractivity contribution in [2.45, 2.75) is 0 Å². The molecule has 2 amide bonds. The summed E-state index contributed by atoms with van der Waals surface area (Å²) in [6.45, 7) is 0. The average molecular weight is 382 g/mol. The first-order valence-corrected chi connectivity index (χ1v) is 9.13. The van der Waals surface area contributed by atoms with Crippen molar-refractivity contribution in [3.63, 3.8) is 0 Å². The molecule has 0 spiro atoms. The number of carbonyl (C=O) groups excluding carboxylic acids is 1. The number of methoxy groups -OCH3 is 1. The largest absolute Gasteiger partial charge is 0.466 e. The maximum absolute atomic E-state index is 12.6. The lowest BCUT2D eigenvalue weighted by atomic mass is 10.3. The van der Waals surface area contributed by atoms with Gasteiger partial charge in [-0.05, 0) is 18.2 Å². The molecule has 0 atom stereocenters. The number of aromatic nitrogens is 4. The highest BCUT2D eigenvalue weighted by Gasteiger charge is 2.21. The first-order chi connectivity index (χ1) is 13.1.